The second-order valence-corrected chi connectivity index (χ2v) is 13.2. The van der Waals surface area contributed by atoms with Crippen molar-refractivity contribution in [2.75, 3.05) is 13.4 Å². The molecule has 0 spiro atoms. The Balaban J connectivity index is 1.83. The minimum absolute atomic E-state index is 0.255. The second-order valence-electron chi connectivity index (χ2n) is 6.82. The molecule has 0 N–H and O–H groups in total. The lowest BCUT2D eigenvalue weighted by Crippen LogP contribution is -2.22. The second kappa shape index (κ2) is 9.25. The molecule has 0 amide bonds. The van der Waals surface area contributed by atoms with E-state index in [1.807, 2.05) is 48.5 Å². The Morgan fingerprint density at radius 3 is 2.21 bits per heavy atom. The predicted octanol–water partition coefficient (Wildman–Crippen LogP) is 5.72. The molecular formula is C19H25BrO3Si. The Bertz CT molecular complexity index is 626. The van der Waals surface area contributed by atoms with Crippen molar-refractivity contribution in [2.24, 2.45) is 0 Å². The minimum atomic E-state index is -1.06. The van der Waals surface area contributed by atoms with Crippen LogP contribution in [-0.4, -0.2) is 21.5 Å². The highest BCUT2D eigenvalue weighted by atomic mass is 79.9. The monoisotopic (exact) mass is 408 g/mol. The quantitative estimate of drug-likeness (QED) is 0.301. The molecule has 0 atom stereocenters. The fraction of sp³-hybridized carbons (Fsp3) is 0.368. The maximum absolute atomic E-state index is 5.87. The molecule has 130 valence electrons. The van der Waals surface area contributed by atoms with Crippen LogP contribution in [-0.2, 0) is 11.3 Å². The maximum Gasteiger partial charge on any atom is 0.189 e. The highest BCUT2D eigenvalue weighted by Gasteiger charge is 2.12. The molecule has 3 nitrogen and oxygen atoms in total. The summed E-state index contributed by atoms with van der Waals surface area (Å²) in [4.78, 5) is 0. The van der Waals surface area contributed by atoms with Gasteiger partial charge in [-0.3, -0.25) is 0 Å². The summed E-state index contributed by atoms with van der Waals surface area (Å²) in [6.45, 7) is 8.53. The van der Waals surface area contributed by atoms with Crippen LogP contribution in [0.15, 0.2) is 53.0 Å². The van der Waals surface area contributed by atoms with Gasteiger partial charge in [-0.1, -0.05) is 56.0 Å². The van der Waals surface area contributed by atoms with Gasteiger partial charge in [0.15, 0.2) is 6.79 Å². The Labute approximate surface area is 154 Å². The SMILES string of the molecule is C[Si](C)(C)CCOCOc1cccc(OCc2ccccc2)c1Br. The minimum Gasteiger partial charge on any atom is -0.488 e. The zero-order valence-electron chi connectivity index (χ0n) is 14.5. The van der Waals surface area contributed by atoms with Crippen LogP contribution in [0.1, 0.15) is 5.56 Å². The first-order chi connectivity index (χ1) is 11.5. The van der Waals surface area contributed by atoms with Gasteiger partial charge in [0.25, 0.3) is 0 Å². The van der Waals surface area contributed by atoms with Crippen LogP contribution >= 0.6 is 15.9 Å². The van der Waals surface area contributed by atoms with E-state index in [1.165, 1.54) is 0 Å². The number of ether oxygens (including phenoxy) is 3. The van der Waals surface area contributed by atoms with Gasteiger partial charge in [-0.2, -0.15) is 0 Å². The molecule has 0 aromatic heterocycles. The van der Waals surface area contributed by atoms with Crippen molar-refractivity contribution in [3.05, 3.63) is 58.6 Å². The fourth-order valence-corrected chi connectivity index (χ4v) is 3.24. The molecule has 2 rings (SSSR count). The lowest BCUT2D eigenvalue weighted by molar-refractivity contribution is 0.0214. The van der Waals surface area contributed by atoms with E-state index in [9.17, 15) is 0 Å². The van der Waals surface area contributed by atoms with Crippen LogP contribution in [0.3, 0.4) is 0 Å². The third-order valence-corrected chi connectivity index (χ3v) is 5.94. The number of rotatable bonds is 9. The molecule has 0 bridgehead atoms. The van der Waals surface area contributed by atoms with Crippen LogP contribution < -0.4 is 9.47 Å². The van der Waals surface area contributed by atoms with Crippen LogP contribution in [0.5, 0.6) is 11.5 Å². The zero-order chi connectivity index (χ0) is 17.4. The van der Waals surface area contributed by atoms with Gasteiger partial charge in [0, 0.05) is 14.7 Å². The molecule has 24 heavy (non-hydrogen) atoms. The molecule has 0 aliphatic carbocycles. The molecule has 2 aromatic carbocycles. The molecule has 0 aliphatic rings. The van der Waals surface area contributed by atoms with Gasteiger partial charge < -0.3 is 14.2 Å². The molecule has 0 fully saturated rings. The van der Waals surface area contributed by atoms with Crippen molar-refractivity contribution in [1.82, 2.24) is 0 Å². The fourth-order valence-electron chi connectivity index (χ4n) is 1.99. The standard InChI is InChI=1S/C19H25BrO3Si/c1-24(2,3)13-12-21-15-23-18-11-7-10-17(19(18)20)22-14-16-8-5-4-6-9-16/h4-11H,12-15H2,1-3H3. The third-order valence-electron chi connectivity index (χ3n) is 3.46. The van der Waals surface area contributed by atoms with Gasteiger partial charge in [-0.05, 0) is 39.7 Å². The topological polar surface area (TPSA) is 27.7 Å². The number of halogens is 1. The highest BCUT2D eigenvalue weighted by Crippen LogP contribution is 2.34. The summed E-state index contributed by atoms with van der Waals surface area (Å²) >= 11 is 3.56. The predicted molar refractivity (Wildman–Crippen MR) is 105 cm³/mol. The maximum atomic E-state index is 5.87. The third kappa shape index (κ3) is 6.67. The molecule has 0 radical (unpaired) electrons. The summed E-state index contributed by atoms with van der Waals surface area (Å²) in [5.74, 6) is 1.49. The normalized spacial score (nSPS) is 11.3. The van der Waals surface area contributed by atoms with Crippen molar-refractivity contribution in [3.63, 3.8) is 0 Å². The summed E-state index contributed by atoms with van der Waals surface area (Å²) in [6.07, 6.45) is 0. The molecule has 0 unspecified atom stereocenters. The lowest BCUT2D eigenvalue weighted by Gasteiger charge is -2.16. The lowest BCUT2D eigenvalue weighted by atomic mass is 10.2. The first kappa shape index (κ1) is 19.0. The highest BCUT2D eigenvalue weighted by molar-refractivity contribution is 9.10. The van der Waals surface area contributed by atoms with Crippen molar-refractivity contribution < 1.29 is 14.2 Å². The van der Waals surface area contributed by atoms with Gasteiger partial charge in [0.05, 0.1) is 0 Å². The smallest absolute Gasteiger partial charge is 0.189 e. The summed E-state index contributed by atoms with van der Waals surface area (Å²) in [5.41, 5.74) is 1.13. The Kier molecular flexibility index (Phi) is 7.33. The van der Waals surface area contributed by atoms with Crippen LogP contribution in [0.4, 0.5) is 0 Å². The van der Waals surface area contributed by atoms with Crippen molar-refractivity contribution in [3.8, 4) is 11.5 Å². The molecule has 0 saturated carbocycles. The summed E-state index contributed by atoms with van der Waals surface area (Å²) in [5, 5.41) is 0. The molecule has 5 heteroatoms. The first-order valence-electron chi connectivity index (χ1n) is 8.11. The van der Waals surface area contributed by atoms with E-state index in [1.54, 1.807) is 0 Å². The van der Waals surface area contributed by atoms with Crippen molar-refractivity contribution >= 4 is 24.0 Å². The van der Waals surface area contributed by atoms with Gasteiger partial charge in [0.2, 0.25) is 0 Å². The van der Waals surface area contributed by atoms with E-state index in [-0.39, 0.29) is 6.79 Å². The zero-order valence-corrected chi connectivity index (χ0v) is 17.1. The average molecular weight is 409 g/mol. The van der Waals surface area contributed by atoms with Gasteiger partial charge in [-0.15, -0.1) is 0 Å². The largest absolute Gasteiger partial charge is 0.488 e. The van der Waals surface area contributed by atoms with Crippen molar-refractivity contribution in [1.29, 1.82) is 0 Å². The average Bonchev–Trinajstić information content (AvgIpc) is 2.55. The molecule has 2 aromatic rings. The Hall–Kier alpha value is -1.30. The molecule has 0 heterocycles. The number of benzene rings is 2. The summed E-state index contributed by atoms with van der Waals surface area (Å²) in [7, 11) is -1.06. The Morgan fingerprint density at radius 1 is 0.875 bits per heavy atom. The van der Waals surface area contributed by atoms with E-state index in [0.717, 1.165) is 34.2 Å². The van der Waals surface area contributed by atoms with E-state index in [4.69, 9.17) is 14.2 Å². The number of hydrogen-bond donors (Lipinski definition) is 0. The van der Waals surface area contributed by atoms with Gasteiger partial charge in [0.1, 0.15) is 22.6 Å². The summed E-state index contributed by atoms with van der Waals surface area (Å²) < 4.78 is 18.0. The number of hydrogen-bond acceptors (Lipinski definition) is 3. The van der Waals surface area contributed by atoms with Crippen LogP contribution in [0.25, 0.3) is 0 Å². The van der Waals surface area contributed by atoms with Gasteiger partial charge in [-0.25, -0.2) is 0 Å². The van der Waals surface area contributed by atoms with Gasteiger partial charge >= 0.3 is 0 Å². The van der Waals surface area contributed by atoms with Crippen LogP contribution in [0, 0.1) is 0 Å². The molecule has 0 saturated heterocycles. The van der Waals surface area contributed by atoms with E-state index < -0.39 is 8.07 Å². The molecular weight excluding hydrogens is 384 g/mol. The summed E-state index contributed by atoms with van der Waals surface area (Å²) in [6, 6.07) is 17.0. The van der Waals surface area contributed by atoms with E-state index in [0.29, 0.717) is 6.61 Å². The first-order valence-corrected chi connectivity index (χ1v) is 12.6. The van der Waals surface area contributed by atoms with E-state index in [2.05, 4.69) is 35.6 Å². The van der Waals surface area contributed by atoms with E-state index >= 15 is 0 Å². The Morgan fingerprint density at radius 2 is 1.54 bits per heavy atom. The molecule has 0 aliphatic heterocycles. The van der Waals surface area contributed by atoms with Crippen molar-refractivity contribution in [2.45, 2.75) is 32.3 Å². The van der Waals surface area contributed by atoms with Crippen LogP contribution in [0.2, 0.25) is 25.7 Å².